The molecule has 0 aliphatic heterocycles. The van der Waals surface area contributed by atoms with Gasteiger partial charge in [0.15, 0.2) is 0 Å². The number of nitrogens with zero attached hydrogens (tertiary/aromatic N) is 1. The minimum Gasteiger partial charge on any atom is -0.489 e. The van der Waals surface area contributed by atoms with Gasteiger partial charge in [-0.05, 0) is 44.2 Å². The van der Waals surface area contributed by atoms with Crippen molar-refractivity contribution in [1.29, 1.82) is 0 Å². The largest absolute Gasteiger partial charge is 0.489 e. The lowest BCUT2D eigenvalue weighted by Crippen LogP contribution is -1.99. The normalized spacial score (nSPS) is 11.3. The fraction of sp³-hybridized carbons (Fsp3) is 0.222. The van der Waals surface area contributed by atoms with Gasteiger partial charge in [0, 0.05) is 23.2 Å². The molecule has 0 saturated carbocycles. The van der Waals surface area contributed by atoms with Gasteiger partial charge in [-0.15, -0.1) is 0 Å². The van der Waals surface area contributed by atoms with Gasteiger partial charge in [-0.2, -0.15) is 0 Å². The lowest BCUT2D eigenvalue weighted by molar-refractivity contribution is 0.306. The number of benzene rings is 2. The van der Waals surface area contributed by atoms with Crippen molar-refractivity contribution in [1.82, 2.24) is 4.57 Å². The van der Waals surface area contributed by atoms with Crippen LogP contribution in [0.4, 0.5) is 4.39 Å². The minimum absolute atomic E-state index is 0.268. The maximum Gasteiger partial charge on any atom is 0.123 e. The van der Waals surface area contributed by atoms with Gasteiger partial charge in [-0.25, -0.2) is 4.39 Å². The lowest BCUT2D eigenvalue weighted by atomic mass is 10.2. The number of para-hydroxylation sites is 1. The maximum absolute atomic E-state index is 12.9. The van der Waals surface area contributed by atoms with Crippen molar-refractivity contribution in [3.63, 3.8) is 0 Å². The Labute approximate surface area is 134 Å². The van der Waals surface area contributed by atoms with Gasteiger partial charge < -0.3 is 9.30 Å². The van der Waals surface area contributed by atoms with Crippen LogP contribution < -0.4 is 4.74 Å². The molecule has 0 fully saturated rings. The first-order valence-electron chi connectivity index (χ1n) is 7.22. The number of hydrogen-bond acceptors (Lipinski definition) is 1. The van der Waals surface area contributed by atoms with Crippen LogP contribution in [0.25, 0.3) is 10.9 Å². The summed E-state index contributed by atoms with van der Waals surface area (Å²) in [6, 6.07) is 12.2. The zero-order valence-corrected chi connectivity index (χ0v) is 13.3. The second-order valence-electron chi connectivity index (χ2n) is 5.53. The molecule has 0 spiro atoms. The number of fused-ring (bicyclic) bond motifs is 1. The lowest BCUT2D eigenvalue weighted by Gasteiger charge is -2.09. The highest BCUT2D eigenvalue weighted by Gasteiger charge is 2.13. The van der Waals surface area contributed by atoms with Crippen LogP contribution in [0.5, 0.6) is 5.75 Å². The number of hydrogen-bond donors (Lipinski definition) is 0. The van der Waals surface area contributed by atoms with Crippen LogP contribution in [0.2, 0.25) is 5.02 Å². The van der Waals surface area contributed by atoms with E-state index in [0.29, 0.717) is 18.4 Å². The van der Waals surface area contributed by atoms with Gasteiger partial charge in [0.2, 0.25) is 0 Å². The van der Waals surface area contributed by atoms with Gasteiger partial charge >= 0.3 is 0 Å². The smallest absolute Gasteiger partial charge is 0.123 e. The molecule has 2 aromatic carbocycles. The second kappa shape index (κ2) is 6.01. The molecular weight excluding hydrogens is 301 g/mol. The van der Waals surface area contributed by atoms with Crippen molar-refractivity contribution in [2.24, 2.45) is 0 Å². The monoisotopic (exact) mass is 317 g/mol. The van der Waals surface area contributed by atoms with Crippen molar-refractivity contribution in [3.05, 3.63) is 65.1 Å². The summed E-state index contributed by atoms with van der Waals surface area (Å²) in [7, 11) is 0. The van der Waals surface area contributed by atoms with Gasteiger partial charge in [0.25, 0.3) is 0 Å². The van der Waals surface area contributed by atoms with Crippen LogP contribution in [-0.2, 0) is 6.61 Å². The summed E-state index contributed by atoms with van der Waals surface area (Å²) in [5, 5.41) is 1.82. The highest BCUT2D eigenvalue weighted by molar-refractivity contribution is 6.35. The zero-order valence-electron chi connectivity index (χ0n) is 12.5. The summed E-state index contributed by atoms with van der Waals surface area (Å²) in [6.45, 7) is 4.66. The molecule has 2 nitrogen and oxygen atoms in total. The topological polar surface area (TPSA) is 14.2 Å². The van der Waals surface area contributed by atoms with Crippen molar-refractivity contribution in [2.45, 2.75) is 26.5 Å². The molecule has 0 aliphatic rings. The molecule has 3 rings (SSSR count). The maximum atomic E-state index is 12.9. The molecule has 0 radical (unpaired) electrons. The van der Waals surface area contributed by atoms with E-state index < -0.39 is 0 Å². The molecule has 22 heavy (non-hydrogen) atoms. The van der Waals surface area contributed by atoms with Crippen molar-refractivity contribution in [2.75, 3.05) is 0 Å². The molecule has 0 amide bonds. The standard InChI is InChI=1S/C18H17ClFNO/c1-12(2)21-10-13(16-4-3-5-17(19)18(16)21)11-22-15-8-6-14(20)7-9-15/h3-10,12H,11H2,1-2H3. The third kappa shape index (κ3) is 2.81. The minimum atomic E-state index is -0.268. The quantitative estimate of drug-likeness (QED) is 0.611. The van der Waals surface area contributed by atoms with Crippen LogP contribution in [-0.4, -0.2) is 4.57 Å². The summed E-state index contributed by atoms with van der Waals surface area (Å²) in [4.78, 5) is 0. The predicted octanol–water partition coefficient (Wildman–Crippen LogP) is 5.59. The summed E-state index contributed by atoms with van der Waals surface area (Å²) in [5.74, 6) is 0.379. The Balaban J connectivity index is 1.94. The van der Waals surface area contributed by atoms with E-state index in [0.717, 1.165) is 21.5 Å². The summed E-state index contributed by atoms with van der Waals surface area (Å²) < 4.78 is 20.8. The predicted molar refractivity (Wildman–Crippen MR) is 88.1 cm³/mol. The molecule has 0 atom stereocenters. The van der Waals surface area contributed by atoms with E-state index in [1.807, 2.05) is 18.2 Å². The van der Waals surface area contributed by atoms with Crippen LogP contribution in [0.1, 0.15) is 25.5 Å². The van der Waals surface area contributed by atoms with Crippen molar-refractivity contribution < 1.29 is 9.13 Å². The average molecular weight is 318 g/mol. The van der Waals surface area contributed by atoms with E-state index in [1.54, 1.807) is 12.1 Å². The number of aromatic nitrogens is 1. The van der Waals surface area contributed by atoms with E-state index in [4.69, 9.17) is 16.3 Å². The number of rotatable bonds is 4. The molecule has 3 aromatic rings. The van der Waals surface area contributed by atoms with Crippen LogP contribution >= 0.6 is 11.6 Å². The molecule has 0 saturated heterocycles. The number of ether oxygens (including phenoxy) is 1. The SMILES string of the molecule is CC(C)n1cc(COc2ccc(F)cc2)c2cccc(Cl)c21. The van der Waals surface area contributed by atoms with Gasteiger partial charge in [0.1, 0.15) is 18.2 Å². The highest BCUT2D eigenvalue weighted by atomic mass is 35.5. The molecule has 0 bridgehead atoms. The Morgan fingerprint density at radius 2 is 1.86 bits per heavy atom. The second-order valence-corrected chi connectivity index (χ2v) is 5.94. The molecule has 0 N–H and O–H groups in total. The Bertz CT molecular complexity index is 793. The summed E-state index contributed by atoms with van der Waals surface area (Å²) in [5.41, 5.74) is 2.09. The Kier molecular flexibility index (Phi) is 4.08. The summed E-state index contributed by atoms with van der Waals surface area (Å²) in [6.07, 6.45) is 2.07. The molecule has 114 valence electrons. The fourth-order valence-electron chi connectivity index (χ4n) is 2.55. The van der Waals surface area contributed by atoms with E-state index >= 15 is 0 Å². The first-order chi connectivity index (χ1) is 10.6. The first-order valence-corrected chi connectivity index (χ1v) is 7.60. The summed E-state index contributed by atoms with van der Waals surface area (Å²) >= 11 is 6.35. The van der Waals surface area contributed by atoms with Crippen LogP contribution in [0.15, 0.2) is 48.7 Å². The molecule has 1 heterocycles. The molecule has 0 aliphatic carbocycles. The van der Waals surface area contributed by atoms with Crippen molar-refractivity contribution >= 4 is 22.5 Å². The van der Waals surface area contributed by atoms with Crippen LogP contribution in [0, 0.1) is 5.82 Å². The Hall–Kier alpha value is -2.00. The van der Waals surface area contributed by atoms with Gasteiger partial charge in [0.05, 0.1) is 10.5 Å². The van der Waals surface area contributed by atoms with Crippen molar-refractivity contribution in [3.8, 4) is 5.75 Å². The molecule has 0 unspecified atom stereocenters. The fourth-order valence-corrected chi connectivity index (χ4v) is 2.83. The molecular formula is C18H17ClFNO. The first kappa shape index (κ1) is 14.9. The Morgan fingerprint density at radius 1 is 1.14 bits per heavy atom. The van der Waals surface area contributed by atoms with Gasteiger partial charge in [-0.1, -0.05) is 23.7 Å². The zero-order chi connectivity index (χ0) is 15.7. The molecule has 4 heteroatoms. The Morgan fingerprint density at radius 3 is 2.55 bits per heavy atom. The van der Waals surface area contributed by atoms with E-state index in [2.05, 4.69) is 24.6 Å². The molecule has 1 aromatic heterocycles. The average Bonchev–Trinajstić information content (AvgIpc) is 2.87. The highest BCUT2D eigenvalue weighted by Crippen LogP contribution is 2.31. The van der Waals surface area contributed by atoms with E-state index in [1.165, 1.54) is 12.1 Å². The van der Waals surface area contributed by atoms with E-state index in [-0.39, 0.29) is 5.82 Å². The number of halogens is 2. The van der Waals surface area contributed by atoms with Gasteiger partial charge in [-0.3, -0.25) is 0 Å². The van der Waals surface area contributed by atoms with Crippen LogP contribution in [0.3, 0.4) is 0 Å². The third-order valence-corrected chi connectivity index (χ3v) is 3.96. The van der Waals surface area contributed by atoms with E-state index in [9.17, 15) is 4.39 Å². The third-order valence-electron chi connectivity index (χ3n) is 3.65.